The number of ether oxygens (including phenoxy) is 3. The summed E-state index contributed by atoms with van der Waals surface area (Å²) in [6.45, 7) is 1.31. The molecule has 0 aliphatic rings. The average molecular weight is 452 g/mol. The molecule has 0 atom stereocenters. The number of aromatic nitrogens is 3. The molecule has 9 heteroatoms. The minimum Gasteiger partial charge on any atom is -0.493 e. The predicted molar refractivity (Wildman–Crippen MR) is 116 cm³/mol. The monoisotopic (exact) mass is 451 g/mol. The van der Waals surface area contributed by atoms with Crippen LogP contribution in [0.1, 0.15) is 12.0 Å². The van der Waals surface area contributed by atoms with E-state index in [0.29, 0.717) is 35.4 Å². The van der Waals surface area contributed by atoms with Crippen LogP contribution in [-0.2, 0) is 17.0 Å². The summed E-state index contributed by atoms with van der Waals surface area (Å²) in [5, 5.41) is 9.93. The molecule has 6 nitrogen and oxygen atoms in total. The summed E-state index contributed by atoms with van der Waals surface area (Å²) in [5.41, 5.74) is 1.70. The Hall–Kier alpha value is -2.29. The van der Waals surface area contributed by atoms with Crippen molar-refractivity contribution in [3.05, 3.63) is 52.8 Å². The quantitative estimate of drug-likeness (QED) is 0.316. The molecule has 3 rings (SSSR count). The zero-order valence-electron chi connectivity index (χ0n) is 17.0. The minimum atomic E-state index is -0.354. The second-order valence-corrected chi connectivity index (χ2v) is 7.75. The van der Waals surface area contributed by atoms with E-state index in [4.69, 9.17) is 25.8 Å². The molecule has 0 amide bonds. The lowest BCUT2D eigenvalue weighted by molar-refractivity contribution is 0.189. The van der Waals surface area contributed by atoms with Crippen LogP contribution in [-0.4, -0.2) is 42.7 Å². The van der Waals surface area contributed by atoms with Gasteiger partial charge in [-0.05, 0) is 42.3 Å². The first-order chi connectivity index (χ1) is 14.6. The zero-order valence-corrected chi connectivity index (χ0v) is 18.6. The first kappa shape index (κ1) is 22.4. The van der Waals surface area contributed by atoms with Crippen molar-refractivity contribution in [3.8, 4) is 22.9 Å². The molecule has 0 spiro atoms. The van der Waals surface area contributed by atoms with Gasteiger partial charge in [0.2, 0.25) is 0 Å². The van der Waals surface area contributed by atoms with Gasteiger partial charge in [-0.3, -0.25) is 0 Å². The highest BCUT2D eigenvalue weighted by Gasteiger charge is 2.17. The first-order valence-corrected chi connectivity index (χ1v) is 10.6. The highest BCUT2D eigenvalue weighted by atomic mass is 35.5. The van der Waals surface area contributed by atoms with Gasteiger partial charge < -0.3 is 18.8 Å². The van der Waals surface area contributed by atoms with Crippen molar-refractivity contribution in [1.29, 1.82) is 0 Å². The summed E-state index contributed by atoms with van der Waals surface area (Å²) in [5.74, 6) is 2.18. The van der Waals surface area contributed by atoms with Crippen molar-refractivity contribution in [2.75, 3.05) is 27.9 Å². The highest BCUT2D eigenvalue weighted by molar-refractivity contribution is 7.98. The van der Waals surface area contributed by atoms with Gasteiger partial charge in [-0.1, -0.05) is 29.4 Å². The van der Waals surface area contributed by atoms with E-state index in [1.165, 1.54) is 23.9 Å². The average Bonchev–Trinajstić information content (AvgIpc) is 3.15. The van der Waals surface area contributed by atoms with Crippen LogP contribution in [0.15, 0.2) is 41.6 Å². The Morgan fingerprint density at radius 2 is 1.83 bits per heavy atom. The third kappa shape index (κ3) is 5.24. The SMILES string of the molecule is COCCCn1c(SCc2ccc(F)cc2Cl)nnc1-c1ccc(OC)c(OC)c1. The number of thioether (sulfide) groups is 1. The molecular weight excluding hydrogens is 429 g/mol. The van der Waals surface area contributed by atoms with Crippen molar-refractivity contribution >= 4 is 23.4 Å². The van der Waals surface area contributed by atoms with E-state index in [2.05, 4.69) is 10.2 Å². The summed E-state index contributed by atoms with van der Waals surface area (Å²) in [6.07, 6.45) is 0.805. The molecular formula is C21H23ClFN3O3S. The second kappa shape index (κ2) is 10.7. The predicted octanol–water partition coefficient (Wildman–Crippen LogP) is 5.08. The molecule has 0 saturated carbocycles. The molecule has 30 heavy (non-hydrogen) atoms. The van der Waals surface area contributed by atoms with Gasteiger partial charge in [0.05, 0.1) is 14.2 Å². The van der Waals surface area contributed by atoms with Gasteiger partial charge in [0.25, 0.3) is 0 Å². The fraction of sp³-hybridized carbons (Fsp3) is 0.333. The Balaban J connectivity index is 1.89. The third-order valence-corrected chi connectivity index (χ3v) is 5.83. The van der Waals surface area contributed by atoms with Gasteiger partial charge >= 0.3 is 0 Å². The van der Waals surface area contributed by atoms with E-state index in [9.17, 15) is 4.39 Å². The van der Waals surface area contributed by atoms with Crippen LogP contribution < -0.4 is 9.47 Å². The molecule has 1 aromatic heterocycles. The van der Waals surface area contributed by atoms with Gasteiger partial charge in [0.15, 0.2) is 22.5 Å². The van der Waals surface area contributed by atoms with E-state index >= 15 is 0 Å². The second-order valence-electron chi connectivity index (χ2n) is 6.40. The maximum Gasteiger partial charge on any atom is 0.191 e. The standard InChI is InChI=1S/C21H23ClFN3O3S/c1-27-10-4-9-26-20(14-6-8-18(28-2)19(11-14)29-3)24-25-21(26)30-13-15-5-7-16(23)12-17(15)22/h5-8,11-12H,4,9-10,13H2,1-3H3. The lowest BCUT2D eigenvalue weighted by Gasteiger charge is -2.12. The zero-order chi connectivity index (χ0) is 21.5. The topological polar surface area (TPSA) is 58.4 Å². The molecule has 2 aromatic carbocycles. The fourth-order valence-electron chi connectivity index (χ4n) is 2.93. The molecule has 0 bridgehead atoms. The van der Waals surface area contributed by atoms with Gasteiger partial charge in [-0.25, -0.2) is 4.39 Å². The van der Waals surface area contributed by atoms with Gasteiger partial charge in [0.1, 0.15) is 5.82 Å². The van der Waals surface area contributed by atoms with Crippen molar-refractivity contribution in [3.63, 3.8) is 0 Å². The smallest absolute Gasteiger partial charge is 0.191 e. The Labute approximate surface area is 184 Å². The van der Waals surface area contributed by atoms with Gasteiger partial charge in [-0.15, -0.1) is 10.2 Å². The number of rotatable bonds is 10. The lowest BCUT2D eigenvalue weighted by atomic mass is 10.2. The number of hydrogen-bond donors (Lipinski definition) is 0. The number of nitrogens with zero attached hydrogens (tertiary/aromatic N) is 3. The van der Waals surface area contributed by atoms with E-state index in [1.54, 1.807) is 27.4 Å². The molecule has 3 aromatic rings. The van der Waals surface area contributed by atoms with Crippen LogP contribution in [0, 0.1) is 5.82 Å². The summed E-state index contributed by atoms with van der Waals surface area (Å²) < 4.78 is 31.3. The third-order valence-electron chi connectivity index (χ3n) is 4.46. The Morgan fingerprint density at radius 3 is 2.53 bits per heavy atom. The summed E-state index contributed by atoms with van der Waals surface area (Å²) >= 11 is 7.66. The van der Waals surface area contributed by atoms with Crippen molar-refractivity contribution in [2.45, 2.75) is 23.9 Å². The summed E-state index contributed by atoms with van der Waals surface area (Å²) in [6, 6.07) is 10.0. The molecule has 0 aliphatic carbocycles. The lowest BCUT2D eigenvalue weighted by Crippen LogP contribution is -2.05. The highest BCUT2D eigenvalue weighted by Crippen LogP contribution is 2.34. The van der Waals surface area contributed by atoms with Gasteiger partial charge in [0, 0.05) is 36.6 Å². The van der Waals surface area contributed by atoms with Crippen LogP contribution in [0.2, 0.25) is 5.02 Å². The Bertz CT molecular complexity index is 1000. The van der Waals surface area contributed by atoms with Crippen molar-refractivity contribution in [2.24, 2.45) is 0 Å². The number of methoxy groups -OCH3 is 3. The summed E-state index contributed by atoms with van der Waals surface area (Å²) in [4.78, 5) is 0. The van der Waals surface area contributed by atoms with Crippen LogP contribution in [0.3, 0.4) is 0 Å². The number of halogens is 2. The molecule has 0 aliphatic heterocycles. The fourth-order valence-corrected chi connectivity index (χ4v) is 4.22. The van der Waals surface area contributed by atoms with E-state index < -0.39 is 0 Å². The van der Waals surface area contributed by atoms with E-state index in [-0.39, 0.29) is 5.82 Å². The number of benzene rings is 2. The molecule has 0 unspecified atom stereocenters. The Kier molecular flexibility index (Phi) is 7.95. The largest absolute Gasteiger partial charge is 0.493 e. The Morgan fingerprint density at radius 1 is 1.03 bits per heavy atom. The van der Waals surface area contributed by atoms with Crippen LogP contribution >= 0.6 is 23.4 Å². The molecule has 160 valence electrons. The van der Waals surface area contributed by atoms with Crippen LogP contribution in [0.4, 0.5) is 4.39 Å². The first-order valence-electron chi connectivity index (χ1n) is 9.28. The van der Waals surface area contributed by atoms with Gasteiger partial charge in [-0.2, -0.15) is 0 Å². The van der Waals surface area contributed by atoms with Crippen LogP contribution in [0.25, 0.3) is 11.4 Å². The maximum atomic E-state index is 13.3. The minimum absolute atomic E-state index is 0.354. The van der Waals surface area contributed by atoms with E-state index in [1.807, 2.05) is 22.8 Å². The molecule has 0 N–H and O–H groups in total. The molecule has 0 fully saturated rings. The molecule has 0 radical (unpaired) electrons. The normalized spacial score (nSPS) is 11.0. The van der Waals surface area contributed by atoms with Crippen molar-refractivity contribution in [1.82, 2.24) is 14.8 Å². The van der Waals surface area contributed by atoms with Crippen molar-refractivity contribution < 1.29 is 18.6 Å². The molecule has 1 heterocycles. The maximum absolute atomic E-state index is 13.3. The molecule has 0 saturated heterocycles. The number of hydrogen-bond acceptors (Lipinski definition) is 6. The van der Waals surface area contributed by atoms with Crippen LogP contribution in [0.5, 0.6) is 11.5 Å². The summed E-state index contributed by atoms with van der Waals surface area (Å²) in [7, 11) is 4.87. The van der Waals surface area contributed by atoms with E-state index in [0.717, 1.165) is 28.5 Å².